The van der Waals surface area contributed by atoms with Crippen LogP contribution in [0.3, 0.4) is 0 Å². The average Bonchev–Trinajstić information content (AvgIpc) is 3.04. The fourth-order valence-corrected chi connectivity index (χ4v) is 2.49. The number of nitrogens with one attached hydrogen (secondary N) is 1. The Labute approximate surface area is 125 Å². The average molecular weight is 289 g/mol. The Balaban J connectivity index is 2.18. The highest BCUT2D eigenvalue weighted by Gasteiger charge is 2.21. The van der Waals surface area contributed by atoms with Crippen LogP contribution >= 0.6 is 0 Å². The maximum Gasteiger partial charge on any atom is 0.255 e. The van der Waals surface area contributed by atoms with Gasteiger partial charge >= 0.3 is 0 Å². The van der Waals surface area contributed by atoms with Gasteiger partial charge in [0, 0.05) is 31.7 Å². The molecule has 2 aromatic heterocycles. The Morgan fingerprint density at radius 1 is 1.43 bits per heavy atom. The minimum absolute atomic E-state index is 0.0770. The van der Waals surface area contributed by atoms with Crippen LogP contribution in [0, 0.1) is 6.92 Å². The van der Waals surface area contributed by atoms with Crippen LogP contribution in [-0.4, -0.2) is 25.2 Å². The van der Waals surface area contributed by atoms with Gasteiger partial charge in [0.2, 0.25) is 0 Å². The number of carbonyl (C=O) groups excluding carboxylic acids is 1. The highest BCUT2D eigenvalue weighted by atomic mass is 16.1. The molecule has 0 aliphatic rings. The first-order valence-corrected chi connectivity index (χ1v) is 7.38. The molecule has 1 N–H and O–H groups in total. The molecular weight excluding hydrogens is 266 g/mol. The lowest BCUT2D eigenvalue weighted by molar-refractivity contribution is 0.0931. The molecule has 6 nitrogen and oxygen atoms in total. The maximum atomic E-state index is 12.5. The number of hydrogen-bond donors (Lipinski definition) is 1. The van der Waals surface area contributed by atoms with Gasteiger partial charge in [-0.05, 0) is 20.3 Å². The number of hydrogen-bond acceptors (Lipinski definition) is 3. The third-order valence-corrected chi connectivity index (χ3v) is 3.70. The lowest BCUT2D eigenvalue weighted by Gasteiger charge is -2.17. The molecule has 0 unspecified atom stereocenters. The molecule has 0 spiro atoms. The zero-order valence-electron chi connectivity index (χ0n) is 13.1. The number of imidazole rings is 1. The number of aromatic nitrogens is 4. The van der Waals surface area contributed by atoms with E-state index >= 15 is 0 Å². The summed E-state index contributed by atoms with van der Waals surface area (Å²) in [5.41, 5.74) is 1.53. The monoisotopic (exact) mass is 289 g/mol. The summed E-state index contributed by atoms with van der Waals surface area (Å²) >= 11 is 0. The standard InChI is InChI=1S/C15H23N5O/c1-5-7-13(14-16-8-9-19(14)4)18-15(21)12-10-17-20(6-2)11(12)3/h8-10,13H,5-7H2,1-4H3,(H,18,21)/t13-/m1/s1. The largest absolute Gasteiger partial charge is 0.342 e. The third-order valence-electron chi connectivity index (χ3n) is 3.70. The second kappa shape index (κ2) is 6.56. The Kier molecular flexibility index (Phi) is 4.77. The summed E-state index contributed by atoms with van der Waals surface area (Å²) in [4.78, 5) is 16.8. The van der Waals surface area contributed by atoms with Crippen molar-refractivity contribution in [2.45, 2.75) is 46.2 Å². The lowest BCUT2D eigenvalue weighted by atomic mass is 10.1. The molecule has 0 fully saturated rings. The first-order chi connectivity index (χ1) is 10.1. The molecular formula is C15H23N5O. The highest BCUT2D eigenvalue weighted by molar-refractivity contribution is 5.95. The molecule has 0 aliphatic carbocycles. The summed E-state index contributed by atoms with van der Waals surface area (Å²) in [6.07, 6.45) is 7.12. The van der Waals surface area contributed by atoms with Crippen LogP contribution in [-0.2, 0) is 13.6 Å². The first-order valence-electron chi connectivity index (χ1n) is 7.38. The smallest absolute Gasteiger partial charge is 0.255 e. The van der Waals surface area contributed by atoms with Crippen LogP contribution in [0.5, 0.6) is 0 Å². The fourth-order valence-electron chi connectivity index (χ4n) is 2.49. The van der Waals surface area contributed by atoms with E-state index in [2.05, 4.69) is 22.3 Å². The second-order valence-electron chi connectivity index (χ2n) is 5.17. The molecule has 0 aromatic carbocycles. The van der Waals surface area contributed by atoms with Crippen molar-refractivity contribution in [3.05, 3.63) is 35.7 Å². The van der Waals surface area contributed by atoms with Gasteiger partial charge < -0.3 is 9.88 Å². The predicted octanol–water partition coefficient (Wildman–Crippen LogP) is 2.22. The Morgan fingerprint density at radius 3 is 2.71 bits per heavy atom. The Bertz CT molecular complexity index is 613. The SMILES string of the molecule is CCC[C@@H](NC(=O)c1cnn(CC)c1C)c1nccn1C. The summed E-state index contributed by atoms with van der Waals surface area (Å²) in [6.45, 7) is 6.79. The molecule has 0 bridgehead atoms. The van der Waals surface area contributed by atoms with Gasteiger partial charge in [-0.25, -0.2) is 4.98 Å². The lowest BCUT2D eigenvalue weighted by Crippen LogP contribution is -2.30. The van der Waals surface area contributed by atoms with Crippen molar-refractivity contribution in [2.75, 3.05) is 0 Å². The van der Waals surface area contributed by atoms with Gasteiger partial charge in [-0.1, -0.05) is 13.3 Å². The van der Waals surface area contributed by atoms with Gasteiger partial charge in [-0.2, -0.15) is 5.10 Å². The number of nitrogens with zero attached hydrogens (tertiary/aromatic N) is 4. The molecule has 2 aromatic rings. The normalized spacial score (nSPS) is 12.4. The van der Waals surface area contributed by atoms with Crippen LogP contribution in [0.1, 0.15) is 54.6 Å². The van der Waals surface area contributed by atoms with Crippen molar-refractivity contribution >= 4 is 5.91 Å². The first kappa shape index (κ1) is 15.3. The highest BCUT2D eigenvalue weighted by Crippen LogP contribution is 2.17. The van der Waals surface area contributed by atoms with E-state index < -0.39 is 0 Å². The zero-order valence-corrected chi connectivity index (χ0v) is 13.1. The van der Waals surface area contributed by atoms with E-state index in [9.17, 15) is 4.79 Å². The fraction of sp³-hybridized carbons (Fsp3) is 0.533. The molecule has 1 atom stereocenters. The van der Waals surface area contributed by atoms with Gasteiger partial charge in [0.25, 0.3) is 5.91 Å². The van der Waals surface area contributed by atoms with E-state index in [4.69, 9.17) is 0 Å². The molecule has 1 amide bonds. The second-order valence-corrected chi connectivity index (χ2v) is 5.17. The van der Waals surface area contributed by atoms with E-state index in [1.165, 1.54) is 0 Å². The van der Waals surface area contributed by atoms with Gasteiger partial charge in [-0.3, -0.25) is 9.48 Å². The minimum Gasteiger partial charge on any atom is -0.342 e. The summed E-state index contributed by atoms with van der Waals surface area (Å²) in [5, 5.41) is 7.30. The van der Waals surface area contributed by atoms with Crippen molar-refractivity contribution in [1.29, 1.82) is 0 Å². The number of aryl methyl sites for hydroxylation is 2. The molecule has 0 aliphatic heterocycles. The van der Waals surface area contributed by atoms with Gasteiger partial charge in [0.05, 0.1) is 17.8 Å². The molecule has 6 heteroatoms. The van der Waals surface area contributed by atoms with Gasteiger partial charge in [0.15, 0.2) is 0 Å². The predicted molar refractivity (Wildman–Crippen MR) is 81.0 cm³/mol. The molecule has 0 saturated heterocycles. The minimum atomic E-state index is -0.0892. The van der Waals surface area contributed by atoms with Crippen molar-refractivity contribution in [1.82, 2.24) is 24.6 Å². The van der Waals surface area contributed by atoms with Crippen LogP contribution in [0.25, 0.3) is 0 Å². The van der Waals surface area contributed by atoms with Crippen molar-refractivity contribution in [2.24, 2.45) is 7.05 Å². The Hall–Kier alpha value is -2.11. The molecule has 0 saturated carbocycles. The summed E-state index contributed by atoms with van der Waals surface area (Å²) in [6, 6.07) is -0.0770. The van der Waals surface area contributed by atoms with Gasteiger partial charge in [0.1, 0.15) is 5.82 Å². The molecule has 2 heterocycles. The van der Waals surface area contributed by atoms with Crippen molar-refractivity contribution in [3.63, 3.8) is 0 Å². The number of carbonyl (C=O) groups is 1. The number of amides is 1. The topological polar surface area (TPSA) is 64.7 Å². The maximum absolute atomic E-state index is 12.5. The summed E-state index contributed by atoms with van der Waals surface area (Å²) in [5.74, 6) is 0.791. The van der Waals surface area contributed by atoms with Crippen molar-refractivity contribution in [3.8, 4) is 0 Å². The molecule has 0 radical (unpaired) electrons. The van der Waals surface area contributed by atoms with Crippen LogP contribution < -0.4 is 5.32 Å². The Morgan fingerprint density at radius 2 is 2.19 bits per heavy atom. The molecule has 21 heavy (non-hydrogen) atoms. The van der Waals surface area contributed by atoms with E-state index in [0.717, 1.165) is 30.9 Å². The van der Waals surface area contributed by atoms with Crippen molar-refractivity contribution < 1.29 is 4.79 Å². The van der Waals surface area contributed by atoms with E-state index in [0.29, 0.717) is 5.56 Å². The van der Waals surface area contributed by atoms with Crippen LogP contribution in [0.2, 0.25) is 0 Å². The molecule has 2 rings (SSSR count). The summed E-state index contributed by atoms with van der Waals surface area (Å²) < 4.78 is 3.77. The van der Waals surface area contributed by atoms with Gasteiger partial charge in [-0.15, -0.1) is 0 Å². The third kappa shape index (κ3) is 3.15. The van der Waals surface area contributed by atoms with Crippen LogP contribution in [0.15, 0.2) is 18.6 Å². The zero-order chi connectivity index (χ0) is 15.4. The van der Waals surface area contributed by atoms with Crippen LogP contribution in [0.4, 0.5) is 0 Å². The number of rotatable bonds is 6. The molecule has 114 valence electrons. The summed E-state index contributed by atoms with van der Waals surface area (Å²) in [7, 11) is 1.94. The van der Waals surface area contributed by atoms with E-state index in [-0.39, 0.29) is 11.9 Å². The van der Waals surface area contributed by atoms with E-state index in [1.54, 1.807) is 12.4 Å². The van der Waals surface area contributed by atoms with E-state index in [1.807, 2.05) is 36.3 Å². The quantitative estimate of drug-likeness (QED) is 0.886.